The van der Waals surface area contributed by atoms with Gasteiger partial charge in [-0.3, -0.25) is 4.79 Å². The smallest absolute Gasteiger partial charge is 0.249 e. The van der Waals surface area contributed by atoms with Gasteiger partial charge in [0.2, 0.25) is 5.91 Å². The van der Waals surface area contributed by atoms with Crippen molar-refractivity contribution >= 4 is 5.91 Å². The van der Waals surface area contributed by atoms with E-state index >= 15 is 0 Å². The highest BCUT2D eigenvalue weighted by Gasteiger charge is 2.45. The van der Waals surface area contributed by atoms with Gasteiger partial charge in [-0.15, -0.1) is 0 Å². The minimum absolute atomic E-state index is 0.0915. The Kier molecular flexibility index (Phi) is 8.34. The molecule has 2 aliphatic rings. The highest BCUT2D eigenvalue weighted by atomic mass is 16.7. The SMILES string of the molecule is NCCC(O)C(=O)NC1CC(N)C(OC2OC(CN)CCC2N)C(O)C1O. The average molecular weight is 391 g/mol. The molecule has 0 aromatic rings. The molecule has 1 aliphatic heterocycles. The minimum Gasteiger partial charge on any atom is -0.388 e. The molecule has 11 nitrogen and oxygen atoms in total. The summed E-state index contributed by atoms with van der Waals surface area (Å²) in [6.07, 6.45) is -4.26. The van der Waals surface area contributed by atoms with Gasteiger partial charge in [-0.25, -0.2) is 0 Å². The molecule has 1 saturated carbocycles. The molecule has 12 N–H and O–H groups in total. The Labute approximate surface area is 158 Å². The van der Waals surface area contributed by atoms with E-state index in [0.29, 0.717) is 13.0 Å². The molecule has 0 bridgehead atoms. The minimum atomic E-state index is -1.36. The Morgan fingerprint density at radius 3 is 2.52 bits per heavy atom. The van der Waals surface area contributed by atoms with Gasteiger partial charge in [0.1, 0.15) is 24.4 Å². The van der Waals surface area contributed by atoms with Crippen molar-refractivity contribution in [3.05, 3.63) is 0 Å². The van der Waals surface area contributed by atoms with Crippen molar-refractivity contribution in [2.45, 2.75) is 80.6 Å². The quantitative estimate of drug-likeness (QED) is 0.209. The fourth-order valence-corrected chi connectivity index (χ4v) is 3.48. The lowest BCUT2D eigenvalue weighted by molar-refractivity contribution is -0.252. The molecule has 1 heterocycles. The van der Waals surface area contributed by atoms with Crippen molar-refractivity contribution in [3.8, 4) is 0 Å². The molecule has 0 aromatic carbocycles. The molecule has 27 heavy (non-hydrogen) atoms. The number of carbonyl (C=O) groups excluding carboxylic acids is 1. The van der Waals surface area contributed by atoms with E-state index in [1.165, 1.54) is 0 Å². The van der Waals surface area contributed by atoms with Gasteiger partial charge in [0.05, 0.1) is 18.2 Å². The van der Waals surface area contributed by atoms with Crippen molar-refractivity contribution < 1.29 is 29.6 Å². The van der Waals surface area contributed by atoms with Crippen molar-refractivity contribution in [2.75, 3.05) is 13.1 Å². The fraction of sp³-hybridized carbons (Fsp3) is 0.938. The molecule has 1 amide bonds. The van der Waals surface area contributed by atoms with Crippen molar-refractivity contribution in [1.29, 1.82) is 0 Å². The normalized spacial score (nSPS) is 41.1. The molecule has 158 valence electrons. The number of aliphatic hydroxyl groups is 3. The van der Waals surface area contributed by atoms with Crippen molar-refractivity contribution in [2.24, 2.45) is 22.9 Å². The Bertz CT molecular complexity index is 486. The predicted octanol–water partition coefficient (Wildman–Crippen LogP) is -4.19. The number of rotatable bonds is 7. The maximum atomic E-state index is 11.9. The molecule has 2 rings (SSSR count). The van der Waals surface area contributed by atoms with Crippen LogP contribution in [0.2, 0.25) is 0 Å². The molecule has 11 heteroatoms. The van der Waals surface area contributed by atoms with Gasteiger partial charge in [0.25, 0.3) is 0 Å². The molecule has 1 saturated heterocycles. The number of carbonyl (C=O) groups is 1. The first kappa shape index (κ1) is 22.4. The second-order valence-corrected chi connectivity index (χ2v) is 7.29. The lowest BCUT2D eigenvalue weighted by Gasteiger charge is -2.44. The van der Waals surface area contributed by atoms with Crippen LogP contribution in [0.5, 0.6) is 0 Å². The number of aliphatic hydroxyl groups excluding tert-OH is 3. The monoisotopic (exact) mass is 391 g/mol. The summed E-state index contributed by atoms with van der Waals surface area (Å²) in [5, 5.41) is 33.0. The van der Waals surface area contributed by atoms with Crippen LogP contribution in [0, 0.1) is 0 Å². The van der Waals surface area contributed by atoms with Gasteiger partial charge < -0.3 is 53.0 Å². The van der Waals surface area contributed by atoms with Gasteiger partial charge in [0.15, 0.2) is 6.29 Å². The zero-order chi connectivity index (χ0) is 20.1. The highest BCUT2D eigenvalue weighted by Crippen LogP contribution is 2.27. The number of nitrogens with two attached hydrogens (primary N) is 4. The van der Waals surface area contributed by atoms with E-state index in [1.54, 1.807) is 0 Å². The summed E-state index contributed by atoms with van der Waals surface area (Å²) >= 11 is 0. The molecule has 0 radical (unpaired) electrons. The first-order chi connectivity index (χ1) is 12.8. The molecular formula is C16H33N5O6. The lowest BCUT2D eigenvalue weighted by Crippen LogP contribution is -2.65. The van der Waals surface area contributed by atoms with Crippen LogP contribution in [0.1, 0.15) is 25.7 Å². The Balaban J connectivity index is 1.97. The van der Waals surface area contributed by atoms with E-state index < -0.39 is 54.7 Å². The van der Waals surface area contributed by atoms with Crippen LogP contribution in [0.4, 0.5) is 0 Å². The van der Waals surface area contributed by atoms with Crippen molar-refractivity contribution in [1.82, 2.24) is 5.32 Å². The van der Waals surface area contributed by atoms with E-state index in [-0.39, 0.29) is 25.5 Å². The number of hydrogen-bond acceptors (Lipinski definition) is 10. The summed E-state index contributed by atoms with van der Waals surface area (Å²) in [6.45, 7) is 0.471. The van der Waals surface area contributed by atoms with E-state index in [4.69, 9.17) is 32.4 Å². The van der Waals surface area contributed by atoms with Gasteiger partial charge >= 0.3 is 0 Å². The van der Waals surface area contributed by atoms with Crippen LogP contribution >= 0.6 is 0 Å². The number of amides is 1. The zero-order valence-corrected chi connectivity index (χ0v) is 15.3. The third-order valence-corrected chi connectivity index (χ3v) is 5.17. The van der Waals surface area contributed by atoms with Gasteiger partial charge in [-0.1, -0.05) is 0 Å². The molecule has 0 aromatic heterocycles. The van der Waals surface area contributed by atoms with Crippen LogP contribution in [0.25, 0.3) is 0 Å². The second-order valence-electron chi connectivity index (χ2n) is 7.29. The molecular weight excluding hydrogens is 358 g/mol. The Morgan fingerprint density at radius 2 is 1.89 bits per heavy atom. The largest absolute Gasteiger partial charge is 0.388 e. The summed E-state index contributed by atoms with van der Waals surface area (Å²) in [5.41, 5.74) is 23.1. The predicted molar refractivity (Wildman–Crippen MR) is 96.0 cm³/mol. The third-order valence-electron chi connectivity index (χ3n) is 5.17. The highest BCUT2D eigenvalue weighted by molar-refractivity contribution is 5.80. The second kappa shape index (κ2) is 10.0. The third kappa shape index (κ3) is 5.56. The molecule has 2 fully saturated rings. The van der Waals surface area contributed by atoms with Crippen LogP contribution in [-0.4, -0.2) is 89.3 Å². The molecule has 9 unspecified atom stereocenters. The average Bonchev–Trinajstić information content (AvgIpc) is 2.64. The van der Waals surface area contributed by atoms with E-state index in [0.717, 1.165) is 6.42 Å². The summed E-state index contributed by atoms with van der Waals surface area (Å²) in [4.78, 5) is 11.9. The zero-order valence-electron chi connectivity index (χ0n) is 15.3. The molecule has 0 spiro atoms. The molecule has 1 aliphatic carbocycles. The first-order valence-electron chi connectivity index (χ1n) is 9.35. The Hall–Kier alpha value is -0.890. The number of ether oxygens (including phenoxy) is 2. The topological polar surface area (TPSA) is 212 Å². The van der Waals surface area contributed by atoms with Gasteiger partial charge in [-0.2, -0.15) is 0 Å². The summed E-state index contributed by atoms with van der Waals surface area (Å²) < 4.78 is 11.5. The van der Waals surface area contributed by atoms with Crippen LogP contribution in [0.15, 0.2) is 0 Å². The molecule has 9 atom stereocenters. The van der Waals surface area contributed by atoms with Crippen LogP contribution in [0.3, 0.4) is 0 Å². The Morgan fingerprint density at radius 1 is 1.19 bits per heavy atom. The summed E-state index contributed by atoms with van der Waals surface area (Å²) in [5.74, 6) is -0.674. The number of nitrogens with one attached hydrogen (secondary N) is 1. The standard InChI is InChI=1S/C16H33N5O6/c17-4-3-11(22)15(25)21-10-5-9(20)14(13(24)12(10)23)27-16-8(19)2-1-7(6-18)26-16/h7-14,16,22-24H,1-6,17-20H2,(H,21,25). The first-order valence-corrected chi connectivity index (χ1v) is 9.35. The maximum absolute atomic E-state index is 11.9. The van der Waals surface area contributed by atoms with E-state index in [2.05, 4.69) is 5.32 Å². The number of hydrogen-bond donors (Lipinski definition) is 8. The van der Waals surface area contributed by atoms with E-state index in [9.17, 15) is 20.1 Å². The fourth-order valence-electron chi connectivity index (χ4n) is 3.48. The summed E-state index contributed by atoms with van der Waals surface area (Å²) in [6, 6.07) is -1.91. The van der Waals surface area contributed by atoms with E-state index in [1.807, 2.05) is 0 Å². The van der Waals surface area contributed by atoms with Gasteiger partial charge in [0, 0.05) is 12.6 Å². The lowest BCUT2D eigenvalue weighted by atomic mass is 9.84. The maximum Gasteiger partial charge on any atom is 0.249 e. The summed E-state index contributed by atoms with van der Waals surface area (Å²) in [7, 11) is 0. The van der Waals surface area contributed by atoms with Crippen LogP contribution < -0.4 is 28.3 Å². The van der Waals surface area contributed by atoms with Gasteiger partial charge in [-0.05, 0) is 32.2 Å². The van der Waals surface area contributed by atoms with Crippen molar-refractivity contribution in [3.63, 3.8) is 0 Å². The van der Waals surface area contributed by atoms with Crippen LogP contribution in [-0.2, 0) is 14.3 Å².